The summed E-state index contributed by atoms with van der Waals surface area (Å²) in [7, 11) is 0. The minimum absolute atomic E-state index is 0.166. The van der Waals surface area contributed by atoms with Gasteiger partial charge in [0.2, 0.25) is 0 Å². The third-order valence-corrected chi connectivity index (χ3v) is 6.75. The zero-order chi connectivity index (χ0) is 18.1. The monoisotopic (exact) mass is 387 g/mol. The Bertz CT molecular complexity index is 870. The number of carbonyl (C=O) groups excluding carboxylic acids is 1. The molecule has 4 rings (SSSR count). The van der Waals surface area contributed by atoms with Crippen molar-refractivity contribution in [3.05, 3.63) is 50.9 Å². The van der Waals surface area contributed by atoms with Crippen LogP contribution in [0.25, 0.3) is 10.8 Å². The summed E-state index contributed by atoms with van der Waals surface area (Å²) in [5.74, 6) is 0.984. The van der Waals surface area contributed by atoms with Crippen LogP contribution in [0.3, 0.4) is 0 Å². The van der Waals surface area contributed by atoms with Crippen molar-refractivity contribution in [2.45, 2.75) is 20.4 Å². The Morgan fingerprint density at radius 3 is 2.73 bits per heavy atom. The van der Waals surface area contributed by atoms with Crippen LogP contribution in [0.1, 0.15) is 25.8 Å². The molecule has 1 aliphatic heterocycles. The van der Waals surface area contributed by atoms with Crippen LogP contribution in [0.2, 0.25) is 0 Å². The summed E-state index contributed by atoms with van der Waals surface area (Å²) in [6.45, 7) is 8.24. The molecule has 0 atom stereocenters. The number of thiophene rings is 1. The summed E-state index contributed by atoms with van der Waals surface area (Å²) in [5.41, 5.74) is 2.26. The molecule has 136 valence electrons. The van der Waals surface area contributed by atoms with Crippen molar-refractivity contribution in [1.29, 1.82) is 0 Å². The van der Waals surface area contributed by atoms with Crippen molar-refractivity contribution >= 4 is 28.6 Å². The van der Waals surface area contributed by atoms with E-state index >= 15 is 0 Å². The number of carbonyl (C=O) groups is 1. The highest BCUT2D eigenvalue weighted by molar-refractivity contribution is 7.14. The molecule has 3 aromatic heterocycles. The lowest BCUT2D eigenvalue weighted by molar-refractivity contribution is 0.0632. The van der Waals surface area contributed by atoms with E-state index in [-0.39, 0.29) is 5.91 Å². The Balaban J connectivity index is 1.33. The molecule has 0 radical (unpaired) electrons. The van der Waals surface area contributed by atoms with E-state index in [2.05, 4.69) is 29.1 Å². The fraction of sp³-hybridized carbons (Fsp3) is 0.368. The first-order valence-electron chi connectivity index (χ1n) is 8.67. The van der Waals surface area contributed by atoms with Crippen LogP contribution >= 0.6 is 22.7 Å². The first-order chi connectivity index (χ1) is 12.6. The smallest absolute Gasteiger partial charge is 0.264 e. The van der Waals surface area contributed by atoms with Crippen molar-refractivity contribution < 1.29 is 9.21 Å². The van der Waals surface area contributed by atoms with Crippen LogP contribution in [-0.4, -0.2) is 46.9 Å². The highest BCUT2D eigenvalue weighted by atomic mass is 32.1. The van der Waals surface area contributed by atoms with Gasteiger partial charge in [0.1, 0.15) is 0 Å². The van der Waals surface area contributed by atoms with Gasteiger partial charge in [0.25, 0.3) is 5.91 Å². The molecular formula is C19H21N3O2S2. The quantitative estimate of drug-likeness (QED) is 0.678. The number of piperazine rings is 1. The van der Waals surface area contributed by atoms with Gasteiger partial charge >= 0.3 is 0 Å². The molecule has 0 saturated carbocycles. The number of nitrogens with zero attached hydrogens (tertiary/aromatic N) is 3. The van der Waals surface area contributed by atoms with Crippen molar-refractivity contribution in [1.82, 2.24) is 14.8 Å². The van der Waals surface area contributed by atoms with Crippen molar-refractivity contribution in [3.8, 4) is 10.8 Å². The molecule has 0 spiro atoms. The van der Waals surface area contributed by atoms with Gasteiger partial charge in [0.15, 0.2) is 10.8 Å². The van der Waals surface area contributed by atoms with Gasteiger partial charge < -0.3 is 9.32 Å². The molecule has 4 heterocycles. The van der Waals surface area contributed by atoms with Crippen LogP contribution < -0.4 is 0 Å². The fourth-order valence-electron chi connectivity index (χ4n) is 3.07. The van der Waals surface area contributed by atoms with Gasteiger partial charge in [-0.2, -0.15) is 0 Å². The third-order valence-electron chi connectivity index (χ3n) is 4.71. The molecular weight excluding hydrogens is 366 g/mol. The largest absolute Gasteiger partial charge is 0.462 e. The zero-order valence-electron chi connectivity index (χ0n) is 14.9. The lowest BCUT2D eigenvalue weighted by Gasteiger charge is -2.34. The number of thiazole rings is 1. The van der Waals surface area contributed by atoms with E-state index in [0.29, 0.717) is 0 Å². The Kier molecular flexibility index (Phi) is 4.93. The molecule has 0 bridgehead atoms. The zero-order valence-corrected chi connectivity index (χ0v) is 16.5. The van der Waals surface area contributed by atoms with Gasteiger partial charge in [-0.05, 0) is 37.6 Å². The van der Waals surface area contributed by atoms with Crippen LogP contribution in [-0.2, 0) is 6.54 Å². The number of aromatic nitrogens is 1. The number of hydrogen-bond donors (Lipinski definition) is 0. The van der Waals surface area contributed by atoms with Gasteiger partial charge in [-0.3, -0.25) is 9.69 Å². The standard InChI is InChI=1S/C19H21N3O2S2/c1-13-10-17(26-14(13)2)19(23)22-7-5-21(6-8-22)11-15-12-25-18(20-15)16-4-3-9-24-16/h3-4,9-10,12H,5-8,11H2,1-2H3. The molecule has 0 unspecified atom stereocenters. The maximum atomic E-state index is 12.7. The Hall–Kier alpha value is -1.96. The second-order valence-corrected chi connectivity index (χ2v) is 8.65. The van der Waals surface area contributed by atoms with Gasteiger partial charge in [0, 0.05) is 43.0 Å². The maximum absolute atomic E-state index is 12.7. The summed E-state index contributed by atoms with van der Waals surface area (Å²) >= 11 is 3.21. The second kappa shape index (κ2) is 7.34. The van der Waals surface area contributed by atoms with E-state index in [4.69, 9.17) is 4.42 Å². The normalized spacial score (nSPS) is 15.5. The van der Waals surface area contributed by atoms with E-state index in [1.165, 1.54) is 10.4 Å². The lowest BCUT2D eigenvalue weighted by Crippen LogP contribution is -2.48. The summed E-state index contributed by atoms with van der Waals surface area (Å²) < 4.78 is 5.41. The van der Waals surface area contributed by atoms with Gasteiger partial charge in [-0.25, -0.2) is 4.98 Å². The summed E-state index contributed by atoms with van der Waals surface area (Å²) in [6, 6.07) is 5.82. The molecule has 1 aliphatic rings. The van der Waals surface area contributed by atoms with E-state index in [1.807, 2.05) is 23.1 Å². The van der Waals surface area contributed by atoms with Gasteiger partial charge in [0.05, 0.1) is 16.8 Å². The molecule has 0 N–H and O–H groups in total. The van der Waals surface area contributed by atoms with Gasteiger partial charge in [-0.15, -0.1) is 22.7 Å². The van der Waals surface area contributed by atoms with E-state index in [0.717, 1.165) is 54.1 Å². The minimum Gasteiger partial charge on any atom is -0.462 e. The summed E-state index contributed by atoms with van der Waals surface area (Å²) in [6.07, 6.45) is 1.67. The first-order valence-corrected chi connectivity index (χ1v) is 10.4. The Morgan fingerprint density at radius 2 is 2.08 bits per heavy atom. The number of rotatable bonds is 4. The first kappa shape index (κ1) is 17.5. The molecule has 1 fully saturated rings. The molecule has 0 aromatic carbocycles. The van der Waals surface area contributed by atoms with Crippen LogP contribution in [0.4, 0.5) is 0 Å². The van der Waals surface area contributed by atoms with Crippen molar-refractivity contribution in [3.63, 3.8) is 0 Å². The number of amides is 1. The highest BCUT2D eigenvalue weighted by Crippen LogP contribution is 2.25. The maximum Gasteiger partial charge on any atom is 0.264 e. The van der Waals surface area contributed by atoms with Crippen LogP contribution in [0, 0.1) is 13.8 Å². The summed E-state index contributed by atoms with van der Waals surface area (Å²) in [5, 5.41) is 3.01. The topological polar surface area (TPSA) is 49.6 Å². The van der Waals surface area contributed by atoms with Crippen molar-refractivity contribution in [2.24, 2.45) is 0 Å². The lowest BCUT2D eigenvalue weighted by atomic mass is 10.2. The SMILES string of the molecule is Cc1cc(C(=O)N2CCN(Cc3csc(-c4ccco4)n3)CC2)sc1C. The molecule has 5 nitrogen and oxygen atoms in total. The minimum atomic E-state index is 0.166. The third kappa shape index (κ3) is 3.60. The molecule has 1 saturated heterocycles. The highest BCUT2D eigenvalue weighted by Gasteiger charge is 2.24. The molecule has 0 aliphatic carbocycles. The van der Waals surface area contributed by atoms with Gasteiger partial charge in [-0.1, -0.05) is 0 Å². The summed E-state index contributed by atoms with van der Waals surface area (Å²) in [4.78, 5) is 23.7. The second-order valence-electron chi connectivity index (χ2n) is 6.54. The molecule has 3 aromatic rings. The van der Waals surface area contributed by atoms with E-state index in [9.17, 15) is 4.79 Å². The number of hydrogen-bond acceptors (Lipinski definition) is 6. The van der Waals surface area contributed by atoms with E-state index in [1.54, 1.807) is 28.9 Å². The molecule has 7 heteroatoms. The predicted molar refractivity (Wildman–Crippen MR) is 105 cm³/mol. The van der Waals surface area contributed by atoms with Crippen LogP contribution in [0.15, 0.2) is 34.3 Å². The van der Waals surface area contributed by atoms with Crippen molar-refractivity contribution in [2.75, 3.05) is 26.2 Å². The van der Waals surface area contributed by atoms with Crippen LogP contribution in [0.5, 0.6) is 0 Å². The Labute approximate surface area is 160 Å². The average Bonchev–Trinajstić information content (AvgIpc) is 3.37. The number of aryl methyl sites for hydroxylation is 2. The fourth-order valence-corrected chi connectivity index (χ4v) is 4.84. The molecule has 26 heavy (non-hydrogen) atoms. The number of furan rings is 1. The molecule has 1 amide bonds. The predicted octanol–water partition coefficient (Wildman–Crippen LogP) is 4.04. The Morgan fingerprint density at radius 1 is 1.27 bits per heavy atom. The average molecular weight is 388 g/mol. The van der Waals surface area contributed by atoms with E-state index < -0.39 is 0 Å².